The van der Waals surface area contributed by atoms with E-state index in [4.69, 9.17) is 0 Å². The minimum Gasteiger partial charge on any atom is -0.258 e. The SMILES string of the molecule is O=[N+]([O-])c1ccccc1CC(Br)c1cc(F)c(F)c(F)c1. The normalized spacial score (nSPS) is 12.2. The van der Waals surface area contributed by atoms with Gasteiger partial charge in [-0.15, -0.1) is 0 Å². The largest absolute Gasteiger partial charge is 0.272 e. The van der Waals surface area contributed by atoms with Gasteiger partial charge in [0, 0.05) is 16.5 Å². The van der Waals surface area contributed by atoms with Crippen LogP contribution in [0.1, 0.15) is 16.0 Å². The van der Waals surface area contributed by atoms with Crippen LogP contribution in [0, 0.1) is 27.6 Å². The van der Waals surface area contributed by atoms with E-state index >= 15 is 0 Å². The van der Waals surface area contributed by atoms with Gasteiger partial charge >= 0.3 is 0 Å². The van der Waals surface area contributed by atoms with Crippen LogP contribution in [0.5, 0.6) is 0 Å². The van der Waals surface area contributed by atoms with E-state index in [-0.39, 0.29) is 17.7 Å². The van der Waals surface area contributed by atoms with Crippen LogP contribution in [-0.2, 0) is 6.42 Å². The van der Waals surface area contributed by atoms with E-state index in [1.165, 1.54) is 12.1 Å². The lowest BCUT2D eigenvalue weighted by atomic mass is 10.0. The number of hydrogen-bond donors (Lipinski definition) is 0. The molecule has 2 aromatic rings. The fourth-order valence-corrected chi connectivity index (χ4v) is 2.54. The highest BCUT2D eigenvalue weighted by molar-refractivity contribution is 9.09. The second kappa shape index (κ2) is 6.26. The average molecular weight is 360 g/mol. The van der Waals surface area contributed by atoms with Gasteiger partial charge in [-0.2, -0.15) is 0 Å². The first-order chi connectivity index (χ1) is 9.90. The highest BCUT2D eigenvalue weighted by Gasteiger charge is 2.19. The van der Waals surface area contributed by atoms with E-state index in [0.717, 1.165) is 12.1 Å². The van der Waals surface area contributed by atoms with Gasteiger partial charge in [-0.1, -0.05) is 34.1 Å². The molecule has 0 saturated carbocycles. The number of nitro benzene ring substituents is 1. The molecule has 0 N–H and O–H groups in total. The van der Waals surface area contributed by atoms with Crippen molar-refractivity contribution in [2.45, 2.75) is 11.2 Å². The zero-order chi connectivity index (χ0) is 15.6. The van der Waals surface area contributed by atoms with Crippen molar-refractivity contribution in [2.75, 3.05) is 0 Å². The minimum atomic E-state index is -1.54. The van der Waals surface area contributed by atoms with Crippen LogP contribution >= 0.6 is 15.9 Å². The Kier molecular flexibility index (Phi) is 4.62. The number of halogens is 4. The number of para-hydroxylation sites is 1. The molecule has 0 bridgehead atoms. The Morgan fingerprint density at radius 1 is 1.14 bits per heavy atom. The fraction of sp³-hybridized carbons (Fsp3) is 0.143. The molecule has 0 aliphatic rings. The van der Waals surface area contributed by atoms with Crippen molar-refractivity contribution >= 4 is 21.6 Å². The van der Waals surface area contributed by atoms with Crippen molar-refractivity contribution in [3.05, 3.63) is 75.1 Å². The maximum atomic E-state index is 13.2. The smallest absolute Gasteiger partial charge is 0.258 e. The van der Waals surface area contributed by atoms with Crippen molar-refractivity contribution in [3.8, 4) is 0 Å². The van der Waals surface area contributed by atoms with E-state index in [0.29, 0.717) is 5.56 Å². The molecule has 2 aromatic carbocycles. The summed E-state index contributed by atoms with van der Waals surface area (Å²) in [5.41, 5.74) is 0.504. The molecule has 1 atom stereocenters. The Hall–Kier alpha value is -1.89. The van der Waals surface area contributed by atoms with Crippen molar-refractivity contribution < 1.29 is 18.1 Å². The summed E-state index contributed by atoms with van der Waals surface area (Å²) in [6, 6.07) is 7.80. The van der Waals surface area contributed by atoms with E-state index < -0.39 is 27.2 Å². The number of rotatable bonds is 4. The Morgan fingerprint density at radius 2 is 1.71 bits per heavy atom. The second-order valence-corrected chi connectivity index (χ2v) is 5.46. The van der Waals surface area contributed by atoms with Gasteiger partial charge in [0.05, 0.1) is 4.92 Å². The summed E-state index contributed by atoms with van der Waals surface area (Å²) < 4.78 is 39.3. The topological polar surface area (TPSA) is 43.1 Å². The molecule has 0 aromatic heterocycles. The molecule has 1 unspecified atom stereocenters. The highest BCUT2D eigenvalue weighted by Crippen LogP contribution is 2.32. The number of nitrogens with zero attached hydrogens (tertiary/aromatic N) is 1. The Labute approximate surface area is 126 Å². The molecule has 0 fully saturated rings. The summed E-state index contributed by atoms with van der Waals surface area (Å²) in [5.74, 6) is -4.13. The first-order valence-corrected chi connectivity index (χ1v) is 6.82. The molecule has 0 spiro atoms. The summed E-state index contributed by atoms with van der Waals surface area (Å²) in [5, 5.41) is 10.9. The second-order valence-electron chi connectivity index (χ2n) is 4.36. The third-order valence-corrected chi connectivity index (χ3v) is 3.81. The Morgan fingerprint density at radius 3 is 2.29 bits per heavy atom. The summed E-state index contributed by atoms with van der Waals surface area (Å²) in [6.45, 7) is 0. The number of hydrogen-bond acceptors (Lipinski definition) is 2. The van der Waals surface area contributed by atoms with Crippen molar-refractivity contribution in [3.63, 3.8) is 0 Å². The van der Waals surface area contributed by atoms with Gasteiger partial charge in [-0.05, 0) is 24.1 Å². The monoisotopic (exact) mass is 359 g/mol. The van der Waals surface area contributed by atoms with E-state index in [1.54, 1.807) is 12.1 Å². The molecule has 0 saturated heterocycles. The maximum Gasteiger partial charge on any atom is 0.272 e. The zero-order valence-electron chi connectivity index (χ0n) is 10.5. The lowest BCUT2D eigenvalue weighted by Gasteiger charge is -2.11. The molecule has 2 rings (SSSR count). The van der Waals surface area contributed by atoms with Crippen LogP contribution in [0.2, 0.25) is 0 Å². The lowest BCUT2D eigenvalue weighted by molar-refractivity contribution is -0.385. The van der Waals surface area contributed by atoms with Crippen LogP contribution < -0.4 is 0 Å². The predicted octanol–water partition coefficient (Wildman–Crippen LogP) is 4.69. The summed E-state index contributed by atoms with van der Waals surface area (Å²) in [4.78, 5) is 9.81. The van der Waals surface area contributed by atoms with Crippen LogP contribution in [0.4, 0.5) is 18.9 Å². The van der Waals surface area contributed by atoms with Crippen molar-refractivity contribution in [1.82, 2.24) is 0 Å². The van der Waals surface area contributed by atoms with E-state index in [9.17, 15) is 23.3 Å². The van der Waals surface area contributed by atoms with Gasteiger partial charge in [0.2, 0.25) is 0 Å². The molecule has 0 heterocycles. The van der Waals surface area contributed by atoms with Crippen LogP contribution in [0.25, 0.3) is 0 Å². The number of nitro groups is 1. The molecular formula is C14H9BrF3NO2. The Balaban J connectivity index is 2.30. The molecule has 0 aliphatic carbocycles. The van der Waals surface area contributed by atoms with E-state index in [1.807, 2.05) is 0 Å². The first-order valence-electron chi connectivity index (χ1n) is 5.91. The molecule has 0 radical (unpaired) electrons. The number of alkyl halides is 1. The van der Waals surface area contributed by atoms with Gasteiger partial charge in [0.25, 0.3) is 5.69 Å². The molecule has 0 amide bonds. The third-order valence-electron chi connectivity index (χ3n) is 2.96. The Bertz CT molecular complexity index is 671. The van der Waals surface area contributed by atoms with Crippen molar-refractivity contribution in [2.24, 2.45) is 0 Å². The lowest BCUT2D eigenvalue weighted by Crippen LogP contribution is -2.02. The third kappa shape index (κ3) is 3.41. The quantitative estimate of drug-likeness (QED) is 0.344. The summed E-state index contributed by atoms with van der Waals surface area (Å²) in [7, 11) is 0. The molecule has 3 nitrogen and oxygen atoms in total. The molecule has 0 aliphatic heterocycles. The summed E-state index contributed by atoms with van der Waals surface area (Å²) >= 11 is 3.22. The van der Waals surface area contributed by atoms with Crippen LogP contribution in [0.3, 0.4) is 0 Å². The molecule has 110 valence electrons. The predicted molar refractivity (Wildman–Crippen MR) is 74.8 cm³/mol. The van der Waals surface area contributed by atoms with Gasteiger partial charge < -0.3 is 0 Å². The van der Waals surface area contributed by atoms with Crippen LogP contribution in [-0.4, -0.2) is 4.92 Å². The number of benzene rings is 2. The van der Waals surface area contributed by atoms with Gasteiger partial charge in [0.1, 0.15) is 0 Å². The summed E-state index contributed by atoms with van der Waals surface area (Å²) in [6.07, 6.45) is 0.141. The molecule has 21 heavy (non-hydrogen) atoms. The first kappa shape index (κ1) is 15.5. The zero-order valence-corrected chi connectivity index (χ0v) is 12.1. The van der Waals surface area contributed by atoms with Gasteiger partial charge in [-0.3, -0.25) is 10.1 Å². The fourth-order valence-electron chi connectivity index (χ4n) is 1.93. The highest BCUT2D eigenvalue weighted by atomic mass is 79.9. The molecule has 7 heteroatoms. The average Bonchev–Trinajstić information content (AvgIpc) is 2.44. The van der Waals surface area contributed by atoms with E-state index in [2.05, 4.69) is 15.9 Å². The van der Waals surface area contributed by atoms with Gasteiger partial charge in [-0.25, -0.2) is 13.2 Å². The van der Waals surface area contributed by atoms with Crippen LogP contribution in [0.15, 0.2) is 36.4 Å². The van der Waals surface area contributed by atoms with Crippen molar-refractivity contribution in [1.29, 1.82) is 0 Å². The van der Waals surface area contributed by atoms with Gasteiger partial charge in [0.15, 0.2) is 17.5 Å². The molecular weight excluding hydrogens is 351 g/mol. The standard InChI is InChI=1S/C14H9BrF3NO2/c15-10(9-6-11(16)14(18)12(17)7-9)5-8-3-1-2-4-13(8)19(20)21/h1-4,6-7,10H,5H2. The minimum absolute atomic E-state index is 0.0787. The maximum absolute atomic E-state index is 13.2.